The van der Waals surface area contributed by atoms with Crippen molar-refractivity contribution < 1.29 is 14.5 Å². The summed E-state index contributed by atoms with van der Waals surface area (Å²) >= 11 is 0. The summed E-state index contributed by atoms with van der Waals surface area (Å²) in [4.78, 5) is 35.4. The summed E-state index contributed by atoms with van der Waals surface area (Å²) in [6.45, 7) is 5.36. The van der Waals surface area contributed by atoms with E-state index >= 15 is 0 Å². The average Bonchev–Trinajstić information content (AvgIpc) is 2.69. The third-order valence-corrected chi connectivity index (χ3v) is 5.06. The Labute approximate surface area is 168 Å². The van der Waals surface area contributed by atoms with E-state index in [-0.39, 0.29) is 35.5 Å². The van der Waals surface area contributed by atoms with E-state index in [2.05, 4.69) is 15.8 Å². The number of hydrogen-bond acceptors (Lipinski definition) is 5. The molecule has 0 radical (unpaired) electrons. The SMILES string of the molecule is CC1CC(=O)NN=C1c1ccc(NC(=O)C(C)(C)c2ccccc2)c([N+](=O)[O-])c1. The van der Waals surface area contributed by atoms with Crippen LogP contribution in [-0.2, 0) is 15.0 Å². The number of carbonyl (C=O) groups excluding carboxylic acids is 2. The monoisotopic (exact) mass is 394 g/mol. The quantitative estimate of drug-likeness (QED) is 0.598. The van der Waals surface area contributed by atoms with E-state index in [1.807, 2.05) is 37.3 Å². The number of hydrazone groups is 1. The van der Waals surface area contributed by atoms with Crippen LogP contribution in [0.4, 0.5) is 11.4 Å². The Kier molecular flexibility index (Phi) is 5.45. The largest absolute Gasteiger partial charge is 0.320 e. The first kappa shape index (κ1) is 20.2. The van der Waals surface area contributed by atoms with Gasteiger partial charge in [0, 0.05) is 24.0 Å². The number of nitro groups is 1. The van der Waals surface area contributed by atoms with E-state index in [1.165, 1.54) is 12.1 Å². The number of nitrogens with one attached hydrogen (secondary N) is 2. The van der Waals surface area contributed by atoms with Gasteiger partial charge in [-0.2, -0.15) is 5.10 Å². The van der Waals surface area contributed by atoms with Crippen molar-refractivity contribution in [2.75, 3.05) is 5.32 Å². The molecule has 1 aliphatic rings. The molecule has 0 saturated carbocycles. The number of nitrogens with zero attached hydrogens (tertiary/aromatic N) is 2. The number of rotatable bonds is 5. The second kappa shape index (κ2) is 7.83. The number of nitro benzene ring substituents is 1. The van der Waals surface area contributed by atoms with Crippen molar-refractivity contribution in [3.63, 3.8) is 0 Å². The summed E-state index contributed by atoms with van der Waals surface area (Å²) in [6, 6.07) is 13.8. The molecule has 8 heteroatoms. The molecule has 3 rings (SSSR count). The average molecular weight is 394 g/mol. The molecule has 8 nitrogen and oxygen atoms in total. The lowest BCUT2D eigenvalue weighted by Gasteiger charge is -2.24. The Morgan fingerprint density at radius 1 is 1.24 bits per heavy atom. The van der Waals surface area contributed by atoms with Gasteiger partial charge >= 0.3 is 0 Å². The lowest BCUT2D eigenvalue weighted by atomic mass is 9.83. The molecule has 2 aromatic carbocycles. The van der Waals surface area contributed by atoms with Crippen molar-refractivity contribution in [3.8, 4) is 0 Å². The summed E-state index contributed by atoms with van der Waals surface area (Å²) in [5.74, 6) is -0.709. The molecule has 2 aromatic rings. The minimum absolute atomic E-state index is 0.112. The first-order valence-electron chi connectivity index (χ1n) is 9.22. The Morgan fingerprint density at radius 3 is 2.55 bits per heavy atom. The molecule has 2 amide bonds. The zero-order valence-electron chi connectivity index (χ0n) is 16.4. The fourth-order valence-corrected chi connectivity index (χ4v) is 3.21. The van der Waals surface area contributed by atoms with Gasteiger partial charge in [0.2, 0.25) is 11.8 Å². The van der Waals surface area contributed by atoms with Crippen LogP contribution in [0, 0.1) is 16.0 Å². The van der Waals surface area contributed by atoms with Crippen molar-refractivity contribution in [3.05, 3.63) is 69.8 Å². The molecule has 0 aliphatic carbocycles. The zero-order chi connectivity index (χ0) is 21.2. The van der Waals surface area contributed by atoms with Gasteiger partial charge in [-0.3, -0.25) is 19.7 Å². The van der Waals surface area contributed by atoms with Gasteiger partial charge in [0.1, 0.15) is 5.69 Å². The van der Waals surface area contributed by atoms with E-state index in [4.69, 9.17) is 0 Å². The number of amides is 2. The van der Waals surface area contributed by atoms with E-state index in [0.717, 1.165) is 5.56 Å². The van der Waals surface area contributed by atoms with Crippen LogP contribution >= 0.6 is 0 Å². The second-order valence-corrected chi connectivity index (χ2v) is 7.57. The highest BCUT2D eigenvalue weighted by molar-refractivity contribution is 6.07. The molecule has 0 saturated heterocycles. The lowest BCUT2D eigenvalue weighted by molar-refractivity contribution is -0.383. The highest BCUT2D eigenvalue weighted by Crippen LogP contribution is 2.31. The molecular weight excluding hydrogens is 372 g/mol. The predicted molar refractivity (Wildman–Crippen MR) is 110 cm³/mol. The maximum atomic E-state index is 12.9. The molecule has 0 aromatic heterocycles. The summed E-state index contributed by atoms with van der Waals surface area (Å²) in [5, 5.41) is 18.4. The lowest BCUT2D eigenvalue weighted by Crippen LogP contribution is -2.35. The van der Waals surface area contributed by atoms with Gasteiger partial charge in [-0.25, -0.2) is 5.43 Å². The molecule has 1 aliphatic heterocycles. The second-order valence-electron chi connectivity index (χ2n) is 7.57. The van der Waals surface area contributed by atoms with Gasteiger partial charge in [-0.05, 0) is 25.5 Å². The molecule has 0 bridgehead atoms. The van der Waals surface area contributed by atoms with E-state index in [1.54, 1.807) is 19.9 Å². The first-order valence-corrected chi connectivity index (χ1v) is 9.22. The van der Waals surface area contributed by atoms with Gasteiger partial charge in [-0.1, -0.05) is 43.3 Å². The van der Waals surface area contributed by atoms with Crippen LogP contribution in [-0.4, -0.2) is 22.4 Å². The van der Waals surface area contributed by atoms with E-state index < -0.39 is 10.3 Å². The molecule has 29 heavy (non-hydrogen) atoms. The minimum atomic E-state index is -0.875. The smallest absolute Gasteiger partial charge is 0.293 e. The maximum absolute atomic E-state index is 12.9. The molecule has 150 valence electrons. The predicted octanol–water partition coefficient (Wildman–Crippen LogP) is 3.37. The van der Waals surface area contributed by atoms with Crippen molar-refractivity contribution in [2.45, 2.75) is 32.6 Å². The topological polar surface area (TPSA) is 114 Å². The normalized spacial score (nSPS) is 16.6. The Bertz CT molecular complexity index is 999. The molecule has 0 spiro atoms. The van der Waals surface area contributed by atoms with Crippen molar-refractivity contribution in [2.24, 2.45) is 11.0 Å². The van der Waals surface area contributed by atoms with Crippen LogP contribution in [0.2, 0.25) is 0 Å². The number of hydrogen-bond donors (Lipinski definition) is 2. The third kappa shape index (κ3) is 4.16. The van der Waals surface area contributed by atoms with Gasteiger partial charge in [0.05, 0.1) is 16.0 Å². The molecule has 1 atom stereocenters. The zero-order valence-corrected chi connectivity index (χ0v) is 16.4. The van der Waals surface area contributed by atoms with E-state index in [9.17, 15) is 19.7 Å². The van der Waals surface area contributed by atoms with Crippen LogP contribution in [0.25, 0.3) is 0 Å². The number of anilines is 1. The number of carbonyl (C=O) groups is 2. The van der Waals surface area contributed by atoms with Crippen LogP contribution in [0.5, 0.6) is 0 Å². The fourth-order valence-electron chi connectivity index (χ4n) is 3.21. The fraction of sp³-hybridized carbons (Fsp3) is 0.286. The van der Waals surface area contributed by atoms with Crippen LogP contribution in [0.3, 0.4) is 0 Å². The van der Waals surface area contributed by atoms with E-state index in [0.29, 0.717) is 11.3 Å². The van der Waals surface area contributed by atoms with Gasteiger partial charge in [-0.15, -0.1) is 0 Å². The summed E-state index contributed by atoms with van der Waals surface area (Å²) in [7, 11) is 0. The third-order valence-electron chi connectivity index (χ3n) is 5.06. The Morgan fingerprint density at radius 2 is 1.93 bits per heavy atom. The van der Waals surface area contributed by atoms with Crippen molar-refractivity contribution in [1.29, 1.82) is 0 Å². The van der Waals surface area contributed by atoms with Crippen molar-refractivity contribution in [1.82, 2.24) is 5.43 Å². The Hall–Kier alpha value is -3.55. The molecule has 2 N–H and O–H groups in total. The maximum Gasteiger partial charge on any atom is 0.293 e. The minimum Gasteiger partial charge on any atom is -0.320 e. The molecule has 0 fully saturated rings. The Balaban J connectivity index is 1.91. The summed E-state index contributed by atoms with van der Waals surface area (Å²) in [6.07, 6.45) is 0.260. The van der Waals surface area contributed by atoms with Crippen LogP contribution in [0.1, 0.15) is 38.3 Å². The highest BCUT2D eigenvalue weighted by Gasteiger charge is 2.32. The molecule has 1 unspecified atom stereocenters. The van der Waals surface area contributed by atoms with Crippen LogP contribution < -0.4 is 10.7 Å². The van der Waals surface area contributed by atoms with Gasteiger partial charge < -0.3 is 5.32 Å². The summed E-state index contributed by atoms with van der Waals surface area (Å²) < 4.78 is 0. The number of benzene rings is 2. The summed E-state index contributed by atoms with van der Waals surface area (Å²) in [5.41, 5.74) is 3.31. The van der Waals surface area contributed by atoms with Gasteiger partial charge in [0.25, 0.3) is 5.69 Å². The van der Waals surface area contributed by atoms with Crippen molar-refractivity contribution >= 4 is 28.9 Å². The standard InChI is InChI=1S/C21H22N4O4/c1-13-11-18(26)23-24-19(13)14-9-10-16(17(12-14)25(28)29)22-20(27)21(2,3)15-7-5-4-6-8-15/h4-10,12-13H,11H2,1-3H3,(H,22,27)(H,23,26). The highest BCUT2D eigenvalue weighted by atomic mass is 16.6. The molecule has 1 heterocycles. The van der Waals surface area contributed by atoms with Crippen LogP contribution in [0.15, 0.2) is 53.6 Å². The molecular formula is C21H22N4O4. The first-order chi connectivity index (χ1) is 13.7. The van der Waals surface area contributed by atoms with Gasteiger partial charge in [0.15, 0.2) is 0 Å².